The summed E-state index contributed by atoms with van der Waals surface area (Å²) in [5, 5.41) is 22.2. The lowest BCUT2D eigenvalue weighted by Crippen LogP contribution is -2.43. The molecule has 3 unspecified atom stereocenters. The minimum Gasteiger partial charge on any atom is -0.390 e. The average molecular weight is 143 g/mol. The van der Waals surface area contributed by atoms with Gasteiger partial charge < -0.3 is 15.5 Å². The maximum absolute atomic E-state index is 9.79. The van der Waals surface area contributed by atoms with Crippen molar-refractivity contribution in [1.82, 2.24) is 5.32 Å². The van der Waals surface area contributed by atoms with Crippen molar-refractivity contribution < 1.29 is 10.2 Å². The molecule has 3 heteroatoms. The summed E-state index contributed by atoms with van der Waals surface area (Å²) in [5.41, 5.74) is -0.792. The highest BCUT2D eigenvalue weighted by Crippen LogP contribution is 2.38. The van der Waals surface area contributed by atoms with Crippen molar-refractivity contribution in [3.63, 3.8) is 0 Å². The second-order valence-electron chi connectivity index (χ2n) is 3.41. The van der Waals surface area contributed by atoms with Crippen LogP contribution in [0.1, 0.15) is 12.8 Å². The summed E-state index contributed by atoms with van der Waals surface area (Å²) in [7, 11) is 0. The third-order valence-electron chi connectivity index (χ3n) is 2.87. The first-order valence-electron chi connectivity index (χ1n) is 3.84. The molecule has 1 saturated heterocycles. The van der Waals surface area contributed by atoms with Gasteiger partial charge in [-0.2, -0.15) is 0 Å². The van der Waals surface area contributed by atoms with Gasteiger partial charge in [0.25, 0.3) is 0 Å². The summed E-state index contributed by atoms with van der Waals surface area (Å²) in [6.45, 7) is 1.44. The van der Waals surface area contributed by atoms with Gasteiger partial charge in [-0.05, 0) is 12.8 Å². The van der Waals surface area contributed by atoms with E-state index < -0.39 is 11.7 Å². The molecule has 2 aliphatic rings. The Bertz CT molecular complexity index is 151. The Morgan fingerprint density at radius 2 is 2.20 bits per heavy atom. The second-order valence-corrected chi connectivity index (χ2v) is 3.41. The van der Waals surface area contributed by atoms with Crippen LogP contribution in [0.3, 0.4) is 0 Å². The van der Waals surface area contributed by atoms with E-state index in [1.807, 2.05) is 0 Å². The summed E-state index contributed by atoms with van der Waals surface area (Å²) < 4.78 is 0. The molecule has 58 valence electrons. The molecule has 2 rings (SSSR count). The van der Waals surface area contributed by atoms with Crippen molar-refractivity contribution in [2.45, 2.75) is 24.5 Å². The minimum absolute atomic E-state index is 0.294. The largest absolute Gasteiger partial charge is 0.390 e. The third-order valence-corrected chi connectivity index (χ3v) is 2.87. The summed E-state index contributed by atoms with van der Waals surface area (Å²) in [6, 6.07) is 0. The standard InChI is InChI=1S/C7H13NO2/c9-6-2-1-5-3-8-4-7(5,6)10/h5-6,8-10H,1-4H2. The van der Waals surface area contributed by atoms with Crippen LogP contribution in [0.25, 0.3) is 0 Å². The number of nitrogens with one attached hydrogen (secondary N) is 1. The average Bonchev–Trinajstić information content (AvgIpc) is 2.36. The number of rotatable bonds is 0. The van der Waals surface area contributed by atoms with Gasteiger partial charge in [0.1, 0.15) is 5.60 Å². The van der Waals surface area contributed by atoms with Gasteiger partial charge in [0.2, 0.25) is 0 Å². The van der Waals surface area contributed by atoms with Gasteiger partial charge in [-0.1, -0.05) is 0 Å². The molecule has 0 spiro atoms. The first-order valence-corrected chi connectivity index (χ1v) is 3.84. The van der Waals surface area contributed by atoms with Gasteiger partial charge in [-0.25, -0.2) is 0 Å². The lowest BCUT2D eigenvalue weighted by atomic mass is 9.93. The molecule has 0 amide bonds. The molecular weight excluding hydrogens is 130 g/mol. The predicted octanol–water partition coefficient (Wildman–Crippen LogP) is -0.908. The maximum atomic E-state index is 9.79. The van der Waals surface area contributed by atoms with E-state index in [0.29, 0.717) is 12.5 Å². The molecule has 0 radical (unpaired) electrons. The van der Waals surface area contributed by atoms with Gasteiger partial charge in [0.15, 0.2) is 0 Å². The molecule has 1 saturated carbocycles. The highest BCUT2D eigenvalue weighted by molar-refractivity contribution is 5.05. The molecule has 1 aliphatic carbocycles. The number of hydrogen-bond donors (Lipinski definition) is 3. The highest BCUT2D eigenvalue weighted by Gasteiger charge is 2.50. The molecule has 3 nitrogen and oxygen atoms in total. The van der Waals surface area contributed by atoms with Crippen molar-refractivity contribution in [3.8, 4) is 0 Å². The van der Waals surface area contributed by atoms with E-state index in [2.05, 4.69) is 5.32 Å². The topological polar surface area (TPSA) is 52.5 Å². The van der Waals surface area contributed by atoms with Crippen LogP contribution < -0.4 is 5.32 Å². The molecule has 0 bridgehead atoms. The van der Waals surface area contributed by atoms with E-state index in [1.54, 1.807) is 0 Å². The van der Waals surface area contributed by atoms with Crippen LogP contribution in [0.2, 0.25) is 0 Å². The maximum Gasteiger partial charge on any atom is 0.107 e. The summed E-state index contributed by atoms with van der Waals surface area (Å²) in [4.78, 5) is 0. The summed E-state index contributed by atoms with van der Waals surface area (Å²) in [6.07, 6.45) is 1.24. The smallest absolute Gasteiger partial charge is 0.107 e. The fourth-order valence-corrected chi connectivity index (χ4v) is 2.12. The van der Waals surface area contributed by atoms with Crippen molar-refractivity contribution in [2.75, 3.05) is 13.1 Å². The van der Waals surface area contributed by atoms with E-state index in [4.69, 9.17) is 0 Å². The van der Waals surface area contributed by atoms with Crippen LogP contribution in [-0.4, -0.2) is 35.0 Å². The van der Waals surface area contributed by atoms with Crippen LogP contribution >= 0.6 is 0 Å². The first kappa shape index (κ1) is 6.58. The molecule has 1 heterocycles. The molecule has 0 aromatic heterocycles. The molecular formula is C7H13NO2. The predicted molar refractivity (Wildman–Crippen MR) is 36.6 cm³/mol. The SMILES string of the molecule is OC1CCC2CNCC12O. The van der Waals surface area contributed by atoms with E-state index in [0.717, 1.165) is 19.4 Å². The molecule has 1 aliphatic heterocycles. The first-order chi connectivity index (χ1) is 4.73. The van der Waals surface area contributed by atoms with Crippen LogP contribution in [0, 0.1) is 5.92 Å². The van der Waals surface area contributed by atoms with Gasteiger partial charge in [0, 0.05) is 19.0 Å². The van der Waals surface area contributed by atoms with Crippen LogP contribution in [0.5, 0.6) is 0 Å². The molecule has 3 atom stereocenters. The van der Waals surface area contributed by atoms with Crippen molar-refractivity contribution in [1.29, 1.82) is 0 Å². The van der Waals surface area contributed by atoms with Crippen molar-refractivity contribution in [3.05, 3.63) is 0 Å². The van der Waals surface area contributed by atoms with Crippen LogP contribution in [-0.2, 0) is 0 Å². The van der Waals surface area contributed by atoms with E-state index in [9.17, 15) is 10.2 Å². The number of β-amino-alcohol motifs (C(OH)–C–C–N with tert-alkyl or cyclic N) is 1. The van der Waals surface area contributed by atoms with Crippen molar-refractivity contribution in [2.24, 2.45) is 5.92 Å². The Morgan fingerprint density at radius 3 is 2.90 bits per heavy atom. The number of hydrogen-bond acceptors (Lipinski definition) is 3. The molecule has 10 heavy (non-hydrogen) atoms. The van der Waals surface area contributed by atoms with Gasteiger partial charge >= 0.3 is 0 Å². The number of fused-ring (bicyclic) bond motifs is 1. The Labute approximate surface area is 60.1 Å². The van der Waals surface area contributed by atoms with Gasteiger partial charge in [0.05, 0.1) is 6.10 Å². The van der Waals surface area contributed by atoms with E-state index >= 15 is 0 Å². The lowest BCUT2D eigenvalue weighted by molar-refractivity contribution is -0.0563. The molecule has 0 aromatic rings. The Hall–Kier alpha value is -0.120. The van der Waals surface area contributed by atoms with Crippen LogP contribution in [0.15, 0.2) is 0 Å². The van der Waals surface area contributed by atoms with E-state index in [-0.39, 0.29) is 0 Å². The Kier molecular flexibility index (Phi) is 1.27. The van der Waals surface area contributed by atoms with E-state index in [1.165, 1.54) is 0 Å². The normalized spacial score (nSPS) is 53.4. The van der Waals surface area contributed by atoms with Gasteiger partial charge in [-0.3, -0.25) is 0 Å². The molecule has 3 N–H and O–H groups in total. The minimum atomic E-state index is -0.792. The lowest BCUT2D eigenvalue weighted by Gasteiger charge is -2.24. The molecule has 2 fully saturated rings. The monoisotopic (exact) mass is 143 g/mol. The zero-order valence-corrected chi connectivity index (χ0v) is 5.88. The fourth-order valence-electron chi connectivity index (χ4n) is 2.12. The van der Waals surface area contributed by atoms with Crippen molar-refractivity contribution >= 4 is 0 Å². The number of aliphatic hydroxyl groups is 2. The fraction of sp³-hybridized carbons (Fsp3) is 1.00. The number of aliphatic hydroxyl groups excluding tert-OH is 1. The molecule has 0 aromatic carbocycles. The summed E-state index contributed by atoms with van der Waals surface area (Å²) >= 11 is 0. The Balaban J connectivity index is 2.21. The zero-order valence-electron chi connectivity index (χ0n) is 5.88. The van der Waals surface area contributed by atoms with Gasteiger partial charge in [-0.15, -0.1) is 0 Å². The summed E-state index contributed by atoms with van der Waals surface area (Å²) in [5.74, 6) is 0.294. The van der Waals surface area contributed by atoms with Crippen LogP contribution in [0.4, 0.5) is 0 Å². The zero-order chi connectivity index (χ0) is 7.19. The third kappa shape index (κ3) is 0.654. The Morgan fingerprint density at radius 1 is 1.40 bits per heavy atom. The quantitative estimate of drug-likeness (QED) is 0.411. The highest BCUT2D eigenvalue weighted by atomic mass is 16.3. The second kappa shape index (κ2) is 1.94.